The molecular weight excluding hydrogens is 367 g/mol. The Morgan fingerprint density at radius 1 is 1.29 bits per heavy atom. The van der Waals surface area contributed by atoms with E-state index in [1.54, 1.807) is 0 Å². The number of hydrogen-bond donors (Lipinski definition) is 1. The number of aromatic nitrogens is 2. The highest BCUT2D eigenvalue weighted by Gasteiger charge is 2.17. The number of rotatable bonds is 7. The summed E-state index contributed by atoms with van der Waals surface area (Å²) in [5.74, 6) is -1.24. The van der Waals surface area contributed by atoms with Gasteiger partial charge in [-0.05, 0) is 24.6 Å². The third kappa shape index (κ3) is 4.50. The molecule has 144 valence electrons. The fourth-order valence-electron chi connectivity index (χ4n) is 2.54. The molecule has 28 heavy (non-hydrogen) atoms. The summed E-state index contributed by atoms with van der Waals surface area (Å²) in [5.41, 5.74) is 0.764. The summed E-state index contributed by atoms with van der Waals surface area (Å²) in [7, 11) is 0. The number of benzene rings is 2. The van der Waals surface area contributed by atoms with Gasteiger partial charge in [0.2, 0.25) is 5.75 Å². The number of nitro groups is 1. The lowest BCUT2D eigenvalue weighted by Crippen LogP contribution is -2.27. The molecule has 0 aliphatic carbocycles. The summed E-state index contributed by atoms with van der Waals surface area (Å²) < 4.78 is 19.9. The first kappa shape index (κ1) is 19.0. The second-order valence-corrected chi connectivity index (χ2v) is 5.99. The van der Waals surface area contributed by atoms with Crippen LogP contribution in [0.5, 0.6) is 5.75 Å². The van der Waals surface area contributed by atoms with Crippen LogP contribution in [0.1, 0.15) is 29.0 Å². The van der Waals surface area contributed by atoms with Gasteiger partial charge < -0.3 is 10.1 Å². The number of nitrogens with zero attached hydrogens (tertiary/aromatic N) is 3. The summed E-state index contributed by atoms with van der Waals surface area (Å²) in [6, 6.07) is 13.7. The van der Waals surface area contributed by atoms with Gasteiger partial charge in [-0.25, -0.2) is 9.07 Å². The fourth-order valence-corrected chi connectivity index (χ4v) is 2.54. The molecule has 0 aliphatic heterocycles. The molecule has 1 unspecified atom stereocenters. The number of carbonyl (C=O) groups is 1. The van der Waals surface area contributed by atoms with Crippen molar-refractivity contribution >= 4 is 11.6 Å². The molecule has 0 radical (unpaired) electrons. The summed E-state index contributed by atoms with van der Waals surface area (Å²) in [4.78, 5) is 22.7. The molecule has 3 aromatic rings. The number of nitro benzene ring substituents is 1. The zero-order valence-corrected chi connectivity index (χ0v) is 14.9. The smallest absolute Gasteiger partial charge is 0.311 e. The first-order valence-electron chi connectivity index (χ1n) is 8.40. The maximum absolute atomic E-state index is 13.3. The molecular formula is C19H17FN4O4. The predicted molar refractivity (Wildman–Crippen MR) is 98.2 cm³/mol. The number of carbonyl (C=O) groups excluding carboxylic acids is 1. The Hall–Kier alpha value is -3.75. The van der Waals surface area contributed by atoms with Crippen molar-refractivity contribution in [1.82, 2.24) is 15.1 Å². The first-order chi connectivity index (χ1) is 13.4. The van der Waals surface area contributed by atoms with Gasteiger partial charge in [0.1, 0.15) is 11.5 Å². The first-order valence-corrected chi connectivity index (χ1v) is 8.40. The zero-order valence-electron chi connectivity index (χ0n) is 14.9. The summed E-state index contributed by atoms with van der Waals surface area (Å²) in [6.07, 6.45) is 1.49. The second kappa shape index (κ2) is 8.30. The van der Waals surface area contributed by atoms with Crippen LogP contribution in [-0.4, -0.2) is 20.6 Å². The molecule has 0 aliphatic rings. The van der Waals surface area contributed by atoms with Crippen molar-refractivity contribution in [3.8, 4) is 5.75 Å². The fraction of sp³-hybridized carbons (Fsp3) is 0.158. The largest absolute Gasteiger partial charge is 0.464 e. The Balaban J connectivity index is 1.64. The molecule has 1 N–H and O–H groups in total. The normalized spacial score (nSPS) is 11.6. The Bertz CT molecular complexity index is 991. The van der Waals surface area contributed by atoms with E-state index in [0.717, 1.165) is 23.8 Å². The van der Waals surface area contributed by atoms with Crippen molar-refractivity contribution < 1.29 is 18.8 Å². The highest BCUT2D eigenvalue weighted by Crippen LogP contribution is 2.27. The van der Waals surface area contributed by atoms with Crippen LogP contribution in [0.15, 0.2) is 60.8 Å². The van der Waals surface area contributed by atoms with E-state index in [-0.39, 0.29) is 35.8 Å². The van der Waals surface area contributed by atoms with Gasteiger partial charge in [-0.3, -0.25) is 14.9 Å². The molecule has 1 atom stereocenters. The van der Waals surface area contributed by atoms with Crippen LogP contribution in [0.25, 0.3) is 0 Å². The van der Waals surface area contributed by atoms with E-state index in [1.165, 1.54) is 16.9 Å². The lowest BCUT2D eigenvalue weighted by molar-refractivity contribution is -0.386. The molecule has 1 heterocycles. The topological polar surface area (TPSA) is 99.3 Å². The van der Waals surface area contributed by atoms with Gasteiger partial charge in [-0.15, -0.1) is 0 Å². The Labute approximate surface area is 159 Å². The Morgan fingerprint density at radius 3 is 2.75 bits per heavy atom. The van der Waals surface area contributed by atoms with E-state index >= 15 is 0 Å². The highest BCUT2D eigenvalue weighted by atomic mass is 19.1. The van der Waals surface area contributed by atoms with Crippen molar-refractivity contribution in [3.63, 3.8) is 0 Å². The lowest BCUT2D eigenvalue weighted by Gasteiger charge is -2.13. The number of hydrogen-bond acceptors (Lipinski definition) is 5. The molecule has 9 heteroatoms. The van der Waals surface area contributed by atoms with Gasteiger partial charge in [0.25, 0.3) is 5.91 Å². The minimum Gasteiger partial charge on any atom is -0.464 e. The Morgan fingerprint density at radius 2 is 2.04 bits per heavy atom. The van der Waals surface area contributed by atoms with Crippen LogP contribution in [-0.2, 0) is 6.73 Å². The maximum atomic E-state index is 13.3. The SMILES string of the molecule is CC(NC(=O)c1ccn(COc2cc(F)ccc2[N+](=O)[O-])n1)c1ccccc1. The monoisotopic (exact) mass is 384 g/mol. The second-order valence-electron chi connectivity index (χ2n) is 5.99. The third-order valence-corrected chi connectivity index (χ3v) is 3.99. The van der Waals surface area contributed by atoms with E-state index in [2.05, 4.69) is 10.4 Å². The average molecular weight is 384 g/mol. The van der Waals surface area contributed by atoms with Crippen molar-refractivity contribution in [3.05, 3.63) is 88.0 Å². The van der Waals surface area contributed by atoms with E-state index in [1.807, 2.05) is 37.3 Å². The molecule has 1 amide bonds. The number of halogens is 1. The van der Waals surface area contributed by atoms with E-state index in [9.17, 15) is 19.3 Å². The average Bonchev–Trinajstić information content (AvgIpc) is 3.16. The van der Waals surface area contributed by atoms with Crippen LogP contribution in [0.2, 0.25) is 0 Å². The molecule has 2 aromatic carbocycles. The van der Waals surface area contributed by atoms with Gasteiger partial charge in [-0.2, -0.15) is 5.10 Å². The van der Waals surface area contributed by atoms with E-state index in [0.29, 0.717) is 0 Å². The summed E-state index contributed by atoms with van der Waals surface area (Å²) in [5, 5.41) is 17.9. The quantitative estimate of drug-likeness (QED) is 0.497. The zero-order chi connectivity index (χ0) is 20.1. The maximum Gasteiger partial charge on any atom is 0.311 e. The molecule has 0 spiro atoms. The van der Waals surface area contributed by atoms with Crippen LogP contribution < -0.4 is 10.1 Å². The molecule has 3 rings (SSSR count). The molecule has 1 aromatic heterocycles. The number of nitrogens with one attached hydrogen (secondary N) is 1. The summed E-state index contributed by atoms with van der Waals surface area (Å²) >= 11 is 0. The van der Waals surface area contributed by atoms with Gasteiger partial charge in [0.15, 0.2) is 6.73 Å². The molecule has 0 bridgehead atoms. The minimum absolute atomic E-state index is 0.167. The number of amides is 1. The van der Waals surface area contributed by atoms with Gasteiger partial charge in [0, 0.05) is 18.3 Å². The van der Waals surface area contributed by atoms with Crippen LogP contribution >= 0.6 is 0 Å². The van der Waals surface area contributed by atoms with Gasteiger partial charge >= 0.3 is 5.69 Å². The van der Waals surface area contributed by atoms with Crippen LogP contribution in [0.4, 0.5) is 10.1 Å². The lowest BCUT2D eigenvalue weighted by atomic mass is 10.1. The summed E-state index contributed by atoms with van der Waals surface area (Å²) in [6.45, 7) is 1.64. The van der Waals surface area contributed by atoms with Crippen LogP contribution in [0, 0.1) is 15.9 Å². The number of ether oxygens (including phenoxy) is 1. The van der Waals surface area contributed by atoms with E-state index in [4.69, 9.17) is 4.74 Å². The van der Waals surface area contributed by atoms with Crippen LogP contribution in [0.3, 0.4) is 0 Å². The van der Waals surface area contributed by atoms with Gasteiger partial charge in [0.05, 0.1) is 11.0 Å². The molecule has 0 saturated carbocycles. The third-order valence-electron chi connectivity index (χ3n) is 3.99. The van der Waals surface area contributed by atoms with Crippen molar-refractivity contribution in [2.75, 3.05) is 0 Å². The highest BCUT2D eigenvalue weighted by molar-refractivity contribution is 5.92. The van der Waals surface area contributed by atoms with Crippen molar-refractivity contribution in [2.45, 2.75) is 19.7 Å². The molecule has 0 saturated heterocycles. The van der Waals surface area contributed by atoms with E-state index < -0.39 is 10.7 Å². The van der Waals surface area contributed by atoms with Crippen molar-refractivity contribution in [1.29, 1.82) is 0 Å². The molecule has 8 nitrogen and oxygen atoms in total. The predicted octanol–water partition coefficient (Wildman–Crippen LogP) is 3.46. The standard InChI is InChI=1S/C19H17FN4O4/c1-13(14-5-3-2-4-6-14)21-19(25)16-9-10-23(22-16)12-28-18-11-15(20)7-8-17(18)24(26)27/h2-11,13H,12H2,1H3,(H,21,25). The Kier molecular flexibility index (Phi) is 5.64. The van der Waals surface area contributed by atoms with Gasteiger partial charge in [-0.1, -0.05) is 30.3 Å². The molecule has 0 fully saturated rings. The van der Waals surface area contributed by atoms with Crippen molar-refractivity contribution in [2.24, 2.45) is 0 Å². The minimum atomic E-state index is -0.665.